The Labute approximate surface area is 200 Å². The molecule has 4 rings (SSSR count). The van der Waals surface area contributed by atoms with Gasteiger partial charge in [-0.1, -0.05) is 12.1 Å². The number of nitrogens with one attached hydrogen (secondary N) is 1. The summed E-state index contributed by atoms with van der Waals surface area (Å²) in [6.45, 7) is 4.38. The third-order valence-electron chi connectivity index (χ3n) is 4.88. The van der Waals surface area contributed by atoms with Crippen LogP contribution >= 0.6 is 22.6 Å². The van der Waals surface area contributed by atoms with E-state index in [1.807, 2.05) is 48.5 Å². The molecule has 2 heterocycles. The van der Waals surface area contributed by atoms with E-state index in [9.17, 15) is 4.79 Å². The molecule has 0 fully saturated rings. The van der Waals surface area contributed by atoms with Gasteiger partial charge in [0.05, 0.1) is 6.21 Å². The van der Waals surface area contributed by atoms with Crippen LogP contribution in [0, 0.1) is 17.4 Å². The van der Waals surface area contributed by atoms with E-state index in [1.54, 1.807) is 18.3 Å². The van der Waals surface area contributed by atoms with E-state index in [1.165, 1.54) is 11.4 Å². The van der Waals surface area contributed by atoms with Crippen molar-refractivity contribution >= 4 is 34.7 Å². The number of hydrogen-bond acceptors (Lipinski definition) is 4. The second-order valence-corrected chi connectivity index (χ2v) is 8.50. The molecule has 0 saturated carbocycles. The first-order valence-electron chi connectivity index (χ1n) is 10.1. The molecule has 0 unspecified atom stereocenters. The number of hydrazone groups is 1. The van der Waals surface area contributed by atoms with Crippen LogP contribution in [0.1, 0.15) is 33.3 Å². The van der Waals surface area contributed by atoms with Crippen molar-refractivity contribution in [1.29, 1.82) is 0 Å². The first kappa shape index (κ1) is 21.9. The van der Waals surface area contributed by atoms with Gasteiger partial charge in [-0.3, -0.25) is 4.79 Å². The third-order valence-corrected chi connectivity index (χ3v) is 5.60. The Kier molecular flexibility index (Phi) is 6.75. The van der Waals surface area contributed by atoms with Crippen LogP contribution in [0.2, 0.25) is 0 Å². The molecule has 1 amide bonds. The zero-order valence-electron chi connectivity index (χ0n) is 17.7. The Bertz CT molecular complexity index is 1220. The molecule has 7 heteroatoms. The Morgan fingerprint density at radius 3 is 2.38 bits per heavy atom. The highest BCUT2D eigenvalue weighted by atomic mass is 127. The molecule has 0 saturated heterocycles. The zero-order valence-corrected chi connectivity index (χ0v) is 19.9. The minimum atomic E-state index is -0.417. The maximum atomic E-state index is 12.2. The molecular formula is C25H22IN3O3. The summed E-state index contributed by atoms with van der Waals surface area (Å²) in [7, 11) is 0. The zero-order chi connectivity index (χ0) is 22.5. The summed E-state index contributed by atoms with van der Waals surface area (Å²) in [6.07, 6.45) is 1.58. The number of aromatic nitrogens is 1. The molecule has 0 aliphatic carbocycles. The minimum absolute atomic E-state index is 0.178. The number of carbonyl (C=O) groups excluding carboxylic acids is 1. The van der Waals surface area contributed by atoms with Gasteiger partial charge in [0.25, 0.3) is 0 Å². The molecule has 6 nitrogen and oxygen atoms in total. The van der Waals surface area contributed by atoms with Gasteiger partial charge in [-0.2, -0.15) is 5.10 Å². The fourth-order valence-electron chi connectivity index (χ4n) is 3.27. The number of benzene rings is 2. The van der Waals surface area contributed by atoms with Crippen molar-refractivity contribution in [3.05, 3.63) is 105 Å². The number of nitrogens with zero attached hydrogens (tertiary/aromatic N) is 2. The summed E-state index contributed by atoms with van der Waals surface area (Å²) >= 11 is 2.23. The fourth-order valence-corrected chi connectivity index (χ4v) is 3.63. The van der Waals surface area contributed by atoms with Gasteiger partial charge in [-0.25, -0.2) is 5.43 Å². The topological polar surface area (TPSA) is 68.8 Å². The monoisotopic (exact) mass is 539 g/mol. The Morgan fingerprint density at radius 2 is 1.69 bits per heavy atom. The molecule has 4 aromatic rings. The van der Waals surface area contributed by atoms with Crippen molar-refractivity contribution in [2.75, 3.05) is 0 Å². The van der Waals surface area contributed by atoms with Crippen molar-refractivity contribution in [1.82, 2.24) is 9.99 Å². The standard InChI is InChI=1S/C25H22IN3O3/c1-17-3-4-18(2)29(17)21-9-11-22(12-10-21)31-16-23-13-14-24(32-23)25(30)28-27-15-19-5-7-20(26)8-6-19/h3-15H,16H2,1-2H3,(H,28,30)/b27-15+. The van der Waals surface area contributed by atoms with Crippen LogP contribution in [0.5, 0.6) is 5.75 Å². The van der Waals surface area contributed by atoms with Crippen molar-refractivity contribution in [2.24, 2.45) is 5.10 Å². The van der Waals surface area contributed by atoms with Gasteiger partial charge in [0, 0.05) is 20.6 Å². The van der Waals surface area contributed by atoms with Crippen LogP contribution in [-0.4, -0.2) is 16.7 Å². The normalized spacial score (nSPS) is 11.1. The van der Waals surface area contributed by atoms with E-state index in [0.717, 1.165) is 20.6 Å². The second-order valence-electron chi connectivity index (χ2n) is 7.25. The molecule has 0 aliphatic heterocycles. The average Bonchev–Trinajstić information content (AvgIpc) is 3.40. The highest BCUT2D eigenvalue weighted by molar-refractivity contribution is 14.1. The Morgan fingerprint density at radius 1 is 1.00 bits per heavy atom. The summed E-state index contributed by atoms with van der Waals surface area (Å²) in [6, 6.07) is 23.2. The lowest BCUT2D eigenvalue weighted by atomic mass is 10.2. The van der Waals surface area contributed by atoms with Crippen LogP contribution in [0.3, 0.4) is 0 Å². The predicted octanol–water partition coefficient (Wildman–Crippen LogP) is 5.63. The second kappa shape index (κ2) is 9.86. The maximum Gasteiger partial charge on any atom is 0.307 e. The van der Waals surface area contributed by atoms with Crippen LogP contribution in [0.25, 0.3) is 5.69 Å². The maximum absolute atomic E-state index is 12.2. The molecular weight excluding hydrogens is 517 g/mol. The highest BCUT2D eigenvalue weighted by Crippen LogP contribution is 2.21. The fraction of sp³-hybridized carbons (Fsp3) is 0.120. The van der Waals surface area contributed by atoms with E-state index in [4.69, 9.17) is 9.15 Å². The number of aryl methyl sites for hydroxylation is 2. The SMILES string of the molecule is Cc1ccc(C)n1-c1ccc(OCc2ccc(C(=O)N/N=C/c3ccc(I)cc3)o2)cc1. The summed E-state index contributed by atoms with van der Waals surface area (Å²) in [5.41, 5.74) is 6.81. The lowest BCUT2D eigenvalue weighted by Gasteiger charge is -2.10. The predicted molar refractivity (Wildman–Crippen MR) is 133 cm³/mol. The molecule has 0 aliphatic rings. The van der Waals surface area contributed by atoms with Crippen molar-refractivity contribution in [2.45, 2.75) is 20.5 Å². The van der Waals surface area contributed by atoms with Gasteiger partial charge in [0.2, 0.25) is 0 Å². The van der Waals surface area contributed by atoms with Crippen LogP contribution < -0.4 is 10.2 Å². The van der Waals surface area contributed by atoms with Gasteiger partial charge < -0.3 is 13.7 Å². The lowest BCUT2D eigenvalue weighted by Crippen LogP contribution is -2.16. The van der Waals surface area contributed by atoms with Gasteiger partial charge in [-0.05, 0) is 103 Å². The van der Waals surface area contributed by atoms with E-state index in [0.29, 0.717) is 5.76 Å². The molecule has 2 aromatic heterocycles. The average molecular weight is 539 g/mol. The molecule has 2 aromatic carbocycles. The first-order valence-corrected chi connectivity index (χ1v) is 11.1. The van der Waals surface area contributed by atoms with Gasteiger partial charge in [-0.15, -0.1) is 0 Å². The molecule has 1 N–H and O–H groups in total. The Hall–Kier alpha value is -3.33. The number of ether oxygens (including phenoxy) is 1. The molecule has 0 radical (unpaired) electrons. The lowest BCUT2D eigenvalue weighted by molar-refractivity contribution is 0.0923. The van der Waals surface area contributed by atoms with Crippen molar-refractivity contribution in [3.8, 4) is 11.4 Å². The smallest absolute Gasteiger partial charge is 0.307 e. The molecule has 162 valence electrons. The molecule has 0 spiro atoms. The molecule has 0 bridgehead atoms. The van der Waals surface area contributed by atoms with E-state index >= 15 is 0 Å². The number of halogens is 1. The highest BCUT2D eigenvalue weighted by Gasteiger charge is 2.11. The minimum Gasteiger partial charge on any atom is -0.486 e. The summed E-state index contributed by atoms with van der Waals surface area (Å²) in [5.74, 6) is 1.04. The summed E-state index contributed by atoms with van der Waals surface area (Å²) < 4.78 is 14.7. The third kappa shape index (κ3) is 5.28. The number of furan rings is 1. The first-order chi connectivity index (χ1) is 15.5. The van der Waals surface area contributed by atoms with Crippen LogP contribution in [0.15, 0.2) is 82.3 Å². The van der Waals surface area contributed by atoms with Gasteiger partial charge >= 0.3 is 5.91 Å². The van der Waals surface area contributed by atoms with E-state index < -0.39 is 5.91 Å². The summed E-state index contributed by atoms with van der Waals surface area (Å²) in [5, 5.41) is 3.97. The van der Waals surface area contributed by atoms with Gasteiger partial charge in [0.1, 0.15) is 18.1 Å². The number of carbonyl (C=O) groups is 1. The van der Waals surface area contributed by atoms with E-state index in [2.05, 4.69) is 63.7 Å². The van der Waals surface area contributed by atoms with Crippen LogP contribution in [0.4, 0.5) is 0 Å². The van der Waals surface area contributed by atoms with Crippen molar-refractivity contribution in [3.63, 3.8) is 0 Å². The quantitative estimate of drug-likeness (QED) is 0.188. The Balaban J connectivity index is 1.31. The number of hydrogen-bond donors (Lipinski definition) is 1. The number of rotatable bonds is 7. The van der Waals surface area contributed by atoms with Gasteiger partial charge in [0.15, 0.2) is 5.76 Å². The molecule has 32 heavy (non-hydrogen) atoms. The molecule has 0 atom stereocenters. The largest absolute Gasteiger partial charge is 0.486 e. The van der Waals surface area contributed by atoms with Crippen LogP contribution in [-0.2, 0) is 6.61 Å². The van der Waals surface area contributed by atoms with Crippen molar-refractivity contribution < 1.29 is 13.9 Å². The number of amides is 1. The van der Waals surface area contributed by atoms with E-state index in [-0.39, 0.29) is 12.4 Å². The summed E-state index contributed by atoms with van der Waals surface area (Å²) in [4.78, 5) is 12.2.